The molecule has 5 rings (SSSR count). The summed E-state index contributed by atoms with van der Waals surface area (Å²) in [7, 11) is 1.47. The number of hydrogen-bond acceptors (Lipinski definition) is 11. The smallest absolute Gasteiger partial charge is 0.344 e. The largest absolute Gasteiger partial charge is 0.493 e. The van der Waals surface area contributed by atoms with E-state index in [1.165, 1.54) is 18.9 Å². The van der Waals surface area contributed by atoms with Crippen LogP contribution in [0.4, 0.5) is 0 Å². The summed E-state index contributed by atoms with van der Waals surface area (Å²) in [4.78, 5) is 41.0. The van der Waals surface area contributed by atoms with E-state index in [0.717, 1.165) is 5.56 Å². The second-order valence-electron chi connectivity index (χ2n) is 9.11. The van der Waals surface area contributed by atoms with Crippen molar-refractivity contribution < 1.29 is 42.8 Å². The number of thioether (sulfide) groups is 1. The van der Waals surface area contributed by atoms with E-state index in [1.54, 1.807) is 56.0 Å². The number of rotatable bonds is 9. The third-order valence-corrected chi connectivity index (χ3v) is 7.69. The highest BCUT2D eigenvalue weighted by Crippen LogP contribution is 2.48. The zero-order chi connectivity index (χ0) is 29.1. The molecule has 0 unspecified atom stereocenters. The predicted molar refractivity (Wildman–Crippen MR) is 149 cm³/mol. The number of carbonyl (C=O) groups excluding carboxylic acids is 3. The normalized spacial score (nSPS) is 20.0. The molecule has 3 aliphatic heterocycles. The molecule has 0 bridgehead atoms. The Balaban J connectivity index is 1.51. The van der Waals surface area contributed by atoms with Gasteiger partial charge in [-0.1, -0.05) is 23.9 Å². The Hall–Kier alpha value is -4.32. The van der Waals surface area contributed by atoms with Gasteiger partial charge in [0.2, 0.25) is 6.79 Å². The summed E-state index contributed by atoms with van der Waals surface area (Å²) in [6.07, 6.45) is 1.79. The van der Waals surface area contributed by atoms with Crippen LogP contribution in [0.15, 0.2) is 52.6 Å². The number of amides is 1. The predicted octanol–water partition coefficient (Wildman–Crippen LogP) is 3.75. The standard InChI is InChI=1S/C29H30N2O9S/c1-5-36-24(32)14-38-19-10-8-18(13-21(19)35-4)26-25(28(34)37-6-2)16(3)30-29-31(26)27(33)23(41-29)12-17-7-9-20-22(11-17)40-15-39-20/h7-13,26,29-30H,5-6,14-15H2,1-4H3/b23-12-/t26-,29+/m1/s1. The van der Waals surface area contributed by atoms with Crippen molar-refractivity contribution in [3.05, 3.63) is 63.7 Å². The highest BCUT2D eigenvalue weighted by Gasteiger charge is 2.48. The lowest BCUT2D eigenvalue weighted by molar-refractivity contribution is -0.145. The molecule has 2 aromatic carbocycles. The van der Waals surface area contributed by atoms with Crippen LogP contribution in [0, 0.1) is 0 Å². The average Bonchev–Trinajstić information content (AvgIpc) is 3.55. The van der Waals surface area contributed by atoms with Crippen molar-refractivity contribution in [2.75, 3.05) is 33.7 Å². The van der Waals surface area contributed by atoms with Gasteiger partial charge in [0.1, 0.15) is 0 Å². The van der Waals surface area contributed by atoms with Gasteiger partial charge in [0.15, 0.2) is 35.1 Å². The van der Waals surface area contributed by atoms with Crippen LogP contribution in [0.5, 0.6) is 23.0 Å². The van der Waals surface area contributed by atoms with Crippen molar-refractivity contribution in [1.82, 2.24) is 10.2 Å². The van der Waals surface area contributed by atoms with Gasteiger partial charge in [0, 0.05) is 5.70 Å². The molecule has 1 amide bonds. The number of fused-ring (bicyclic) bond motifs is 2. The van der Waals surface area contributed by atoms with Crippen LogP contribution in [0.25, 0.3) is 6.08 Å². The van der Waals surface area contributed by atoms with E-state index in [0.29, 0.717) is 44.7 Å². The summed E-state index contributed by atoms with van der Waals surface area (Å²) in [6.45, 7) is 5.50. The van der Waals surface area contributed by atoms with Crippen molar-refractivity contribution in [1.29, 1.82) is 0 Å². The average molecular weight is 583 g/mol. The highest BCUT2D eigenvalue weighted by molar-refractivity contribution is 8.05. The summed E-state index contributed by atoms with van der Waals surface area (Å²) in [6, 6.07) is 9.76. The number of carbonyl (C=O) groups is 3. The first-order chi connectivity index (χ1) is 19.8. The van der Waals surface area contributed by atoms with E-state index in [9.17, 15) is 14.4 Å². The molecule has 41 heavy (non-hydrogen) atoms. The monoisotopic (exact) mass is 582 g/mol. The minimum absolute atomic E-state index is 0.155. The van der Waals surface area contributed by atoms with Gasteiger partial charge in [-0.2, -0.15) is 0 Å². The Morgan fingerprint density at radius 1 is 1.07 bits per heavy atom. The zero-order valence-electron chi connectivity index (χ0n) is 23.1. The molecule has 12 heteroatoms. The van der Waals surface area contributed by atoms with Crippen LogP contribution in [-0.4, -0.2) is 62.0 Å². The van der Waals surface area contributed by atoms with Crippen molar-refractivity contribution in [3.8, 4) is 23.0 Å². The number of esters is 2. The molecular formula is C29H30N2O9S. The SMILES string of the molecule is CCOC(=O)COc1ccc([C@@H]2C(C(=O)OCC)=C(C)N[C@@H]3S/C(=C\c4ccc5c(c4)OCO5)C(=O)N32)cc1OC. The summed E-state index contributed by atoms with van der Waals surface area (Å²) in [5, 5.41) is 3.29. The molecule has 1 N–H and O–H groups in total. The summed E-state index contributed by atoms with van der Waals surface area (Å²) in [5.74, 6) is 0.614. The number of nitrogens with zero attached hydrogens (tertiary/aromatic N) is 1. The van der Waals surface area contributed by atoms with Gasteiger partial charge in [-0.25, -0.2) is 9.59 Å². The van der Waals surface area contributed by atoms with Gasteiger partial charge in [-0.3, -0.25) is 9.69 Å². The first kappa shape index (κ1) is 28.2. The Kier molecular flexibility index (Phi) is 8.29. The molecule has 0 saturated carbocycles. The van der Waals surface area contributed by atoms with Crippen molar-refractivity contribution in [3.63, 3.8) is 0 Å². The number of ether oxygens (including phenoxy) is 6. The van der Waals surface area contributed by atoms with E-state index < -0.39 is 23.5 Å². The first-order valence-corrected chi connectivity index (χ1v) is 13.9. The minimum atomic E-state index is -0.782. The molecule has 1 saturated heterocycles. The maximum absolute atomic E-state index is 13.9. The van der Waals surface area contributed by atoms with Gasteiger partial charge in [0.25, 0.3) is 5.91 Å². The molecular weight excluding hydrogens is 552 g/mol. The lowest BCUT2D eigenvalue weighted by Crippen LogP contribution is -2.50. The molecule has 3 heterocycles. The number of hydrogen-bond donors (Lipinski definition) is 1. The van der Waals surface area contributed by atoms with Crippen LogP contribution < -0.4 is 24.3 Å². The van der Waals surface area contributed by atoms with Crippen molar-refractivity contribution >= 4 is 35.7 Å². The van der Waals surface area contributed by atoms with Crippen LogP contribution in [0.3, 0.4) is 0 Å². The fourth-order valence-electron chi connectivity index (χ4n) is 4.78. The number of benzene rings is 2. The van der Waals surface area contributed by atoms with E-state index >= 15 is 0 Å². The maximum Gasteiger partial charge on any atom is 0.344 e. The van der Waals surface area contributed by atoms with E-state index in [-0.39, 0.29) is 32.5 Å². The second-order valence-corrected chi connectivity index (χ2v) is 10.2. The molecule has 0 aromatic heterocycles. The minimum Gasteiger partial charge on any atom is -0.493 e. The second kappa shape index (κ2) is 12.0. The molecule has 1 fully saturated rings. The quantitative estimate of drug-likeness (QED) is 0.344. The molecule has 3 aliphatic rings. The van der Waals surface area contributed by atoms with E-state index in [2.05, 4.69) is 5.32 Å². The van der Waals surface area contributed by atoms with Gasteiger partial charge in [-0.05, 0) is 62.2 Å². The van der Waals surface area contributed by atoms with Gasteiger partial charge >= 0.3 is 11.9 Å². The van der Waals surface area contributed by atoms with Crippen LogP contribution >= 0.6 is 11.8 Å². The van der Waals surface area contributed by atoms with E-state index in [1.807, 2.05) is 12.1 Å². The fourth-order valence-corrected chi connectivity index (χ4v) is 6.00. The van der Waals surface area contributed by atoms with Crippen LogP contribution in [0.2, 0.25) is 0 Å². The Labute approximate surface area is 241 Å². The van der Waals surface area contributed by atoms with Crippen LogP contribution in [0.1, 0.15) is 37.9 Å². The summed E-state index contributed by atoms with van der Waals surface area (Å²) >= 11 is 1.35. The van der Waals surface area contributed by atoms with E-state index in [4.69, 9.17) is 28.4 Å². The topological polar surface area (TPSA) is 122 Å². The van der Waals surface area contributed by atoms with Crippen molar-refractivity contribution in [2.24, 2.45) is 0 Å². The first-order valence-electron chi connectivity index (χ1n) is 13.1. The highest BCUT2D eigenvalue weighted by atomic mass is 32.2. The number of nitrogens with one attached hydrogen (secondary N) is 1. The lowest BCUT2D eigenvalue weighted by atomic mass is 9.93. The third kappa shape index (κ3) is 5.64. The van der Waals surface area contributed by atoms with Gasteiger partial charge < -0.3 is 33.7 Å². The molecule has 11 nitrogen and oxygen atoms in total. The van der Waals surface area contributed by atoms with Crippen molar-refractivity contribution in [2.45, 2.75) is 32.3 Å². The molecule has 2 atom stereocenters. The molecule has 0 spiro atoms. The molecule has 0 aliphatic carbocycles. The third-order valence-electron chi connectivity index (χ3n) is 6.58. The summed E-state index contributed by atoms with van der Waals surface area (Å²) < 4.78 is 32.4. The number of allylic oxidation sites excluding steroid dienone is 1. The zero-order valence-corrected chi connectivity index (χ0v) is 23.9. The fraction of sp³-hybridized carbons (Fsp3) is 0.345. The van der Waals surface area contributed by atoms with Crippen LogP contribution in [-0.2, 0) is 23.9 Å². The Bertz CT molecular complexity index is 1440. The molecule has 2 aromatic rings. The Morgan fingerprint density at radius 2 is 1.85 bits per heavy atom. The molecule has 216 valence electrons. The van der Waals surface area contributed by atoms with Gasteiger partial charge in [-0.15, -0.1) is 0 Å². The maximum atomic E-state index is 13.9. The lowest BCUT2D eigenvalue weighted by Gasteiger charge is -2.39. The summed E-state index contributed by atoms with van der Waals surface area (Å²) in [5.41, 5.74) is 1.82. The van der Waals surface area contributed by atoms with Gasteiger partial charge in [0.05, 0.1) is 36.8 Å². The molecule has 0 radical (unpaired) electrons. The number of methoxy groups -OCH3 is 1. The Morgan fingerprint density at radius 3 is 2.61 bits per heavy atom.